The second-order valence-corrected chi connectivity index (χ2v) is 6.06. The summed E-state index contributed by atoms with van der Waals surface area (Å²) in [5, 5.41) is 9.31. The molecule has 0 aliphatic carbocycles. The third-order valence-electron chi connectivity index (χ3n) is 4.45. The van der Waals surface area contributed by atoms with Crippen molar-refractivity contribution in [1.82, 2.24) is 4.57 Å². The lowest BCUT2D eigenvalue weighted by molar-refractivity contribution is 0.0694. The standard InChI is InChI=1S/C21H19NO3/c1-14-8-3-5-10-16(14)19(17-11-6-4-9-15(17)2)22-13-7-12-18(20(22)23)21(24)25/h3-13,19H,1-2H3,(H,24,25). The zero-order valence-electron chi connectivity index (χ0n) is 14.1. The van der Waals surface area contributed by atoms with Crippen molar-refractivity contribution in [3.05, 3.63) is 105 Å². The fraction of sp³-hybridized carbons (Fsp3) is 0.143. The fourth-order valence-electron chi connectivity index (χ4n) is 3.13. The van der Waals surface area contributed by atoms with Gasteiger partial charge < -0.3 is 9.67 Å². The van der Waals surface area contributed by atoms with E-state index < -0.39 is 11.5 Å². The number of hydrogen-bond acceptors (Lipinski definition) is 2. The van der Waals surface area contributed by atoms with Gasteiger partial charge in [0.25, 0.3) is 5.56 Å². The van der Waals surface area contributed by atoms with Crippen LogP contribution in [0.4, 0.5) is 0 Å². The number of pyridine rings is 1. The van der Waals surface area contributed by atoms with Crippen molar-refractivity contribution in [3.63, 3.8) is 0 Å². The highest BCUT2D eigenvalue weighted by atomic mass is 16.4. The maximum atomic E-state index is 12.8. The van der Waals surface area contributed by atoms with E-state index >= 15 is 0 Å². The number of hydrogen-bond donors (Lipinski definition) is 1. The summed E-state index contributed by atoms with van der Waals surface area (Å²) in [5.74, 6) is -1.22. The third kappa shape index (κ3) is 3.11. The molecule has 0 saturated carbocycles. The minimum atomic E-state index is -1.22. The molecule has 0 unspecified atom stereocenters. The lowest BCUT2D eigenvalue weighted by Crippen LogP contribution is -2.30. The first kappa shape index (κ1) is 16.7. The number of rotatable bonds is 4. The average molecular weight is 333 g/mol. The molecule has 0 spiro atoms. The first-order valence-electron chi connectivity index (χ1n) is 8.06. The van der Waals surface area contributed by atoms with Crippen LogP contribution >= 0.6 is 0 Å². The lowest BCUT2D eigenvalue weighted by Gasteiger charge is -2.24. The Morgan fingerprint density at radius 3 is 1.88 bits per heavy atom. The van der Waals surface area contributed by atoms with E-state index in [4.69, 9.17) is 0 Å². The van der Waals surface area contributed by atoms with E-state index in [0.717, 1.165) is 22.3 Å². The molecule has 1 aromatic heterocycles. The Morgan fingerprint density at radius 1 is 0.880 bits per heavy atom. The van der Waals surface area contributed by atoms with Gasteiger partial charge in [-0.1, -0.05) is 48.5 Å². The Bertz CT molecular complexity index is 943. The Labute approximate surface area is 146 Å². The minimum absolute atomic E-state index is 0.227. The van der Waals surface area contributed by atoms with Crippen LogP contribution in [0.25, 0.3) is 0 Å². The predicted octanol–water partition coefficient (Wildman–Crippen LogP) is 3.80. The van der Waals surface area contributed by atoms with Crippen LogP contribution in [0.2, 0.25) is 0 Å². The molecule has 0 aliphatic rings. The number of nitrogens with zero attached hydrogens (tertiary/aromatic N) is 1. The number of aromatic carboxylic acids is 1. The molecule has 4 heteroatoms. The molecule has 0 radical (unpaired) electrons. The molecule has 3 aromatic rings. The van der Waals surface area contributed by atoms with Crippen LogP contribution in [-0.4, -0.2) is 15.6 Å². The SMILES string of the molecule is Cc1ccccc1C(c1ccccc1C)n1cccc(C(=O)O)c1=O. The molecule has 0 atom stereocenters. The zero-order chi connectivity index (χ0) is 18.0. The van der Waals surface area contributed by atoms with Crippen molar-refractivity contribution >= 4 is 5.97 Å². The Hall–Kier alpha value is -3.14. The van der Waals surface area contributed by atoms with Gasteiger partial charge in [-0.3, -0.25) is 4.79 Å². The van der Waals surface area contributed by atoms with E-state index in [1.165, 1.54) is 10.6 Å². The fourth-order valence-corrected chi connectivity index (χ4v) is 3.13. The van der Waals surface area contributed by atoms with Crippen LogP contribution in [0.15, 0.2) is 71.7 Å². The molecule has 0 aliphatic heterocycles. The van der Waals surface area contributed by atoms with Gasteiger partial charge in [0, 0.05) is 6.20 Å². The smallest absolute Gasteiger partial charge is 0.341 e. The van der Waals surface area contributed by atoms with Gasteiger partial charge in [0.1, 0.15) is 5.56 Å². The van der Waals surface area contributed by atoms with E-state index in [1.807, 2.05) is 62.4 Å². The van der Waals surface area contributed by atoms with Gasteiger partial charge in [-0.2, -0.15) is 0 Å². The summed E-state index contributed by atoms with van der Waals surface area (Å²) in [5.41, 5.74) is 3.30. The maximum Gasteiger partial charge on any atom is 0.341 e. The van der Waals surface area contributed by atoms with Crippen molar-refractivity contribution in [2.45, 2.75) is 19.9 Å². The zero-order valence-corrected chi connectivity index (χ0v) is 14.1. The topological polar surface area (TPSA) is 59.3 Å². The van der Waals surface area contributed by atoms with Crippen LogP contribution in [-0.2, 0) is 0 Å². The van der Waals surface area contributed by atoms with Crippen molar-refractivity contribution in [3.8, 4) is 0 Å². The monoisotopic (exact) mass is 333 g/mol. The van der Waals surface area contributed by atoms with Gasteiger partial charge in [-0.25, -0.2) is 4.79 Å². The van der Waals surface area contributed by atoms with Crippen LogP contribution in [0, 0.1) is 13.8 Å². The maximum absolute atomic E-state index is 12.8. The molecule has 4 nitrogen and oxygen atoms in total. The number of aryl methyl sites for hydroxylation is 2. The van der Waals surface area contributed by atoms with Crippen molar-refractivity contribution in [1.29, 1.82) is 0 Å². The van der Waals surface area contributed by atoms with Crippen LogP contribution < -0.4 is 5.56 Å². The highest BCUT2D eigenvalue weighted by Gasteiger charge is 2.22. The predicted molar refractivity (Wildman–Crippen MR) is 97.3 cm³/mol. The highest BCUT2D eigenvalue weighted by molar-refractivity contribution is 5.87. The summed E-state index contributed by atoms with van der Waals surface area (Å²) in [4.78, 5) is 24.2. The van der Waals surface area contributed by atoms with Crippen molar-refractivity contribution in [2.75, 3.05) is 0 Å². The van der Waals surface area contributed by atoms with Gasteiger partial charge >= 0.3 is 5.97 Å². The molecular weight excluding hydrogens is 314 g/mol. The molecule has 0 amide bonds. The normalized spacial score (nSPS) is 10.8. The molecule has 1 heterocycles. The molecule has 2 aromatic carbocycles. The number of carboxylic acid groups (broad SMARTS) is 1. The van der Waals surface area contributed by atoms with Crippen LogP contribution in [0.5, 0.6) is 0 Å². The molecule has 1 N–H and O–H groups in total. The summed E-state index contributed by atoms with van der Waals surface area (Å²) >= 11 is 0. The molecular formula is C21H19NO3. The van der Waals surface area contributed by atoms with Crippen LogP contribution in [0.3, 0.4) is 0 Å². The lowest BCUT2D eigenvalue weighted by atomic mass is 9.91. The average Bonchev–Trinajstić information content (AvgIpc) is 2.59. The van der Waals surface area contributed by atoms with Gasteiger partial charge in [0.2, 0.25) is 0 Å². The van der Waals surface area contributed by atoms with Gasteiger partial charge in [0.15, 0.2) is 0 Å². The van der Waals surface area contributed by atoms with Crippen LogP contribution in [0.1, 0.15) is 38.7 Å². The minimum Gasteiger partial charge on any atom is -0.477 e. The number of carbonyl (C=O) groups is 1. The number of benzene rings is 2. The van der Waals surface area contributed by atoms with E-state index in [0.29, 0.717) is 0 Å². The van der Waals surface area contributed by atoms with E-state index in [1.54, 1.807) is 12.3 Å². The summed E-state index contributed by atoms with van der Waals surface area (Å²) < 4.78 is 1.51. The molecule has 0 fully saturated rings. The largest absolute Gasteiger partial charge is 0.477 e. The molecule has 0 bridgehead atoms. The third-order valence-corrected chi connectivity index (χ3v) is 4.45. The Balaban J connectivity index is 2.33. The summed E-state index contributed by atoms with van der Waals surface area (Å²) in [6, 6.07) is 18.3. The highest BCUT2D eigenvalue weighted by Crippen LogP contribution is 2.30. The Morgan fingerprint density at radius 2 is 1.40 bits per heavy atom. The van der Waals surface area contributed by atoms with Crippen molar-refractivity contribution < 1.29 is 9.90 Å². The quantitative estimate of drug-likeness (QED) is 0.790. The summed E-state index contributed by atoms with van der Waals surface area (Å²) in [7, 11) is 0. The Kier molecular flexibility index (Phi) is 4.52. The second-order valence-electron chi connectivity index (χ2n) is 6.06. The van der Waals surface area contributed by atoms with E-state index in [-0.39, 0.29) is 11.6 Å². The van der Waals surface area contributed by atoms with Crippen molar-refractivity contribution in [2.24, 2.45) is 0 Å². The van der Waals surface area contributed by atoms with Gasteiger partial charge in [-0.15, -0.1) is 0 Å². The second kappa shape index (κ2) is 6.77. The van der Waals surface area contributed by atoms with E-state index in [2.05, 4.69) is 0 Å². The van der Waals surface area contributed by atoms with Gasteiger partial charge in [-0.05, 0) is 48.2 Å². The number of carboxylic acids is 1. The molecule has 3 rings (SSSR count). The summed E-state index contributed by atoms with van der Waals surface area (Å²) in [6.07, 6.45) is 1.65. The molecule has 25 heavy (non-hydrogen) atoms. The number of aromatic nitrogens is 1. The van der Waals surface area contributed by atoms with Gasteiger partial charge in [0.05, 0.1) is 6.04 Å². The van der Waals surface area contributed by atoms with E-state index in [9.17, 15) is 14.7 Å². The first-order valence-corrected chi connectivity index (χ1v) is 8.06. The molecule has 0 saturated heterocycles. The first-order chi connectivity index (χ1) is 12.0. The molecule has 126 valence electrons. The summed E-state index contributed by atoms with van der Waals surface area (Å²) in [6.45, 7) is 3.99.